The Hall–Kier alpha value is -2.52. The first-order chi connectivity index (χ1) is 9.67. The molecule has 2 aromatic rings. The van der Waals surface area contributed by atoms with E-state index in [2.05, 4.69) is 10.3 Å². The number of nitriles is 1. The number of hydrogen-bond donors (Lipinski definition) is 2. The van der Waals surface area contributed by atoms with Crippen LogP contribution in [0.25, 0.3) is 0 Å². The van der Waals surface area contributed by atoms with Gasteiger partial charge in [0.25, 0.3) is 0 Å². The molecular weight excluding hydrogens is 272 g/mol. The zero-order valence-electron chi connectivity index (χ0n) is 10.5. The normalized spacial score (nSPS) is 9.75. The van der Waals surface area contributed by atoms with E-state index < -0.39 is 0 Å². The fraction of sp³-hybridized carbons (Fsp3) is 0.0714. The molecule has 0 bridgehead atoms. The third kappa shape index (κ3) is 4.00. The van der Waals surface area contributed by atoms with Gasteiger partial charge in [0.2, 0.25) is 5.91 Å². The van der Waals surface area contributed by atoms with Crippen LogP contribution in [0.5, 0.6) is 0 Å². The number of carbonyl (C=O) groups excluding carboxylic acids is 1. The zero-order valence-corrected chi connectivity index (χ0v) is 11.4. The van der Waals surface area contributed by atoms with E-state index in [1.165, 1.54) is 11.8 Å². The van der Waals surface area contributed by atoms with E-state index in [4.69, 9.17) is 11.0 Å². The fourth-order valence-corrected chi connectivity index (χ4v) is 2.11. The highest BCUT2D eigenvalue weighted by atomic mass is 32.2. The van der Waals surface area contributed by atoms with E-state index >= 15 is 0 Å². The lowest BCUT2D eigenvalue weighted by Crippen LogP contribution is -2.13. The number of carbonyl (C=O) groups is 1. The molecule has 0 atom stereocenters. The largest absolute Gasteiger partial charge is 0.384 e. The Balaban J connectivity index is 1.86. The van der Waals surface area contributed by atoms with Crippen LogP contribution in [0, 0.1) is 11.3 Å². The fourth-order valence-electron chi connectivity index (χ4n) is 1.45. The van der Waals surface area contributed by atoms with Gasteiger partial charge in [0, 0.05) is 16.8 Å². The highest BCUT2D eigenvalue weighted by Crippen LogP contribution is 2.18. The van der Waals surface area contributed by atoms with Gasteiger partial charge < -0.3 is 11.1 Å². The zero-order chi connectivity index (χ0) is 14.4. The maximum absolute atomic E-state index is 11.8. The van der Waals surface area contributed by atoms with Gasteiger partial charge in [-0.2, -0.15) is 5.26 Å². The van der Waals surface area contributed by atoms with Crippen LogP contribution in [-0.2, 0) is 4.79 Å². The van der Waals surface area contributed by atoms with Crippen molar-refractivity contribution in [3.63, 3.8) is 0 Å². The third-order valence-corrected chi connectivity index (χ3v) is 3.41. The molecule has 0 unspecified atom stereocenters. The summed E-state index contributed by atoms with van der Waals surface area (Å²) >= 11 is 1.38. The number of nitrogen functional groups attached to an aromatic ring is 1. The molecular formula is C14H12N4OS. The van der Waals surface area contributed by atoms with E-state index in [-0.39, 0.29) is 11.7 Å². The summed E-state index contributed by atoms with van der Waals surface area (Å²) in [6.07, 6.45) is 1.63. The van der Waals surface area contributed by atoms with Crippen molar-refractivity contribution >= 4 is 29.2 Å². The second-order valence-electron chi connectivity index (χ2n) is 3.94. The lowest BCUT2D eigenvalue weighted by atomic mass is 10.2. The summed E-state index contributed by atoms with van der Waals surface area (Å²) in [7, 11) is 0. The van der Waals surface area contributed by atoms with Crippen molar-refractivity contribution in [3.8, 4) is 6.07 Å². The predicted molar refractivity (Wildman–Crippen MR) is 79.2 cm³/mol. The Morgan fingerprint density at radius 2 is 2.05 bits per heavy atom. The standard InChI is InChI=1S/C14H12N4OS/c15-7-10-1-3-11(4-2-10)18-14(19)9-20-12-5-6-13(16)17-8-12/h1-6,8H,9H2,(H2,16,17)(H,18,19). The number of aromatic nitrogens is 1. The van der Waals surface area contributed by atoms with Crippen LogP contribution in [0.3, 0.4) is 0 Å². The van der Waals surface area contributed by atoms with E-state index in [0.717, 1.165) is 4.90 Å². The molecule has 0 spiro atoms. The topological polar surface area (TPSA) is 91.8 Å². The van der Waals surface area contributed by atoms with E-state index in [1.807, 2.05) is 12.1 Å². The van der Waals surface area contributed by atoms with Crippen molar-refractivity contribution in [2.24, 2.45) is 0 Å². The summed E-state index contributed by atoms with van der Waals surface area (Å²) in [6, 6.07) is 12.3. The number of hydrogen-bond acceptors (Lipinski definition) is 5. The van der Waals surface area contributed by atoms with Crippen molar-refractivity contribution in [1.82, 2.24) is 4.98 Å². The third-order valence-electron chi connectivity index (χ3n) is 2.43. The molecule has 0 fully saturated rings. The Morgan fingerprint density at radius 3 is 2.65 bits per heavy atom. The minimum atomic E-state index is -0.114. The lowest BCUT2D eigenvalue weighted by Gasteiger charge is -2.05. The number of rotatable bonds is 4. The average Bonchev–Trinajstić information content (AvgIpc) is 2.47. The average molecular weight is 284 g/mol. The molecule has 0 saturated heterocycles. The molecule has 0 radical (unpaired) electrons. The van der Waals surface area contributed by atoms with Gasteiger partial charge in [-0.3, -0.25) is 4.79 Å². The Morgan fingerprint density at radius 1 is 1.30 bits per heavy atom. The number of nitrogens with one attached hydrogen (secondary N) is 1. The molecule has 20 heavy (non-hydrogen) atoms. The number of pyridine rings is 1. The van der Waals surface area contributed by atoms with Crippen molar-refractivity contribution in [3.05, 3.63) is 48.2 Å². The quantitative estimate of drug-likeness (QED) is 0.840. The minimum absolute atomic E-state index is 0.114. The summed E-state index contributed by atoms with van der Waals surface area (Å²) < 4.78 is 0. The number of thioether (sulfide) groups is 1. The van der Waals surface area contributed by atoms with Gasteiger partial charge in [-0.05, 0) is 36.4 Å². The van der Waals surface area contributed by atoms with Gasteiger partial charge >= 0.3 is 0 Å². The molecule has 2 rings (SSSR count). The molecule has 1 heterocycles. The SMILES string of the molecule is N#Cc1ccc(NC(=O)CSc2ccc(N)nc2)cc1. The molecule has 6 heteroatoms. The summed E-state index contributed by atoms with van der Waals surface area (Å²) in [5, 5.41) is 11.4. The van der Waals surface area contributed by atoms with Gasteiger partial charge in [-0.15, -0.1) is 11.8 Å². The van der Waals surface area contributed by atoms with E-state index in [1.54, 1.807) is 36.5 Å². The van der Waals surface area contributed by atoms with Gasteiger partial charge in [-0.1, -0.05) is 0 Å². The molecule has 3 N–H and O–H groups in total. The molecule has 100 valence electrons. The summed E-state index contributed by atoms with van der Waals surface area (Å²) in [6.45, 7) is 0. The second-order valence-corrected chi connectivity index (χ2v) is 4.99. The van der Waals surface area contributed by atoms with Crippen LogP contribution in [0.2, 0.25) is 0 Å². The maximum atomic E-state index is 11.8. The molecule has 1 aromatic carbocycles. The van der Waals surface area contributed by atoms with Crippen LogP contribution in [0.4, 0.5) is 11.5 Å². The maximum Gasteiger partial charge on any atom is 0.234 e. The Kier molecular flexibility index (Phi) is 4.58. The number of nitrogens with two attached hydrogens (primary N) is 1. The Bertz CT molecular complexity index is 632. The number of benzene rings is 1. The van der Waals surface area contributed by atoms with Crippen LogP contribution >= 0.6 is 11.8 Å². The molecule has 0 aliphatic heterocycles. The van der Waals surface area contributed by atoms with E-state index in [0.29, 0.717) is 17.1 Å². The van der Waals surface area contributed by atoms with Crippen LogP contribution in [-0.4, -0.2) is 16.6 Å². The lowest BCUT2D eigenvalue weighted by molar-refractivity contribution is -0.113. The molecule has 5 nitrogen and oxygen atoms in total. The first-order valence-electron chi connectivity index (χ1n) is 5.82. The van der Waals surface area contributed by atoms with Crippen LogP contribution in [0.1, 0.15) is 5.56 Å². The van der Waals surface area contributed by atoms with Crippen molar-refractivity contribution < 1.29 is 4.79 Å². The van der Waals surface area contributed by atoms with Crippen molar-refractivity contribution in [1.29, 1.82) is 5.26 Å². The minimum Gasteiger partial charge on any atom is -0.384 e. The van der Waals surface area contributed by atoms with Crippen molar-refractivity contribution in [2.45, 2.75) is 4.90 Å². The van der Waals surface area contributed by atoms with Gasteiger partial charge in [-0.25, -0.2) is 4.98 Å². The smallest absolute Gasteiger partial charge is 0.234 e. The van der Waals surface area contributed by atoms with Crippen LogP contribution in [0.15, 0.2) is 47.5 Å². The van der Waals surface area contributed by atoms with Gasteiger partial charge in [0.05, 0.1) is 17.4 Å². The Labute approximate surface area is 120 Å². The van der Waals surface area contributed by atoms with Crippen molar-refractivity contribution in [2.75, 3.05) is 16.8 Å². The number of nitrogens with zero attached hydrogens (tertiary/aromatic N) is 2. The van der Waals surface area contributed by atoms with E-state index in [9.17, 15) is 4.79 Å². The summed E-state index contributed by atoms with van der Waals surface area (Å²) in [5.41, 5.74) is 6.72. The highest BCUT2D eigenvalue weighted by Gasteiger charge is 2.04. The summed E-state index contributed by atoms with van der Waals surface area (Å²) in [5.74, 6) is 0.624. The second kappa shape index (κ2) is 6.59. The molecule has 1 aromatic heterocycles. The predicted octanol–water partition coefficient (Wildman–Crippen LogP) is 2.27. The monoisotopic (exact) mass is 284 g/mol. The summed E-state index contributed by atoms with van der Waals surface area (Å²) in [4.78, 5) is 16.6. The molecule has 0 aliphatic rings. The number of anilines is 2. The first-order valence-corrected chi connectivity index (χ1v) is 6.80. The van der Waals surface area contributed by atoms with Gasteiger partial charge in [0.1, 0.15) is 5.82 Å². The van der Waals surface area contributed by atoms with Gasteiger partial charge in [0.15, 0.2) is 0 Å². The molecule has 0 aliphatic carbocycles. The highest BCUT2D eigenvalue weighted by molar-refractivity contribution is 8.00. The molecule has 1 amide bonds. The molecule has 0 saturated carbocycles. The van der Waals surface area contributed by atoms with Crippen LogP contribution < -0.4 is 11.1 Å². The first kappa shape index (κ1) is 13.9. The number of amides is 1.